The number of benzene rings is 2. The number of nitrogens with one attached hydrogen (secondary N) is 1. The van der Waals surface area contributed by atoms with E-state index < -0.39 is 21.8 Å². The van der Waals surface area contributed by atoms with Gasteiger partial charge in [0.2, 0.25) is 0 Å². The number of nitrogens with zero attached hydrogens (tertiary/aromatic N) is 1. The Morgan fingerprint density at radius 3 is 2.24 bits per heavy atom. The van der Waals surface area contributed by atoms with Crippen molar-refractivity contribution in [1.82, 2.24) is 10.4 Å². The van der Waals surface area contributed by atoms with Gasteiger partial charge in [0, 0.05) is 0 Å². The molecule has 0 aliphatic carbocycles. The van der Waals surface area contributed by atoms with Gasteiger partial charge in [-0.1, -0.05) is 24.6 Å². The van der Waals surface area contributed by atoms with Crippen LogP contribution in [0.1, 0.15) is 25.7 Å². The van der Waals surface area contributed by atoms with Gasteiger partial charge in [0.25, 0.3) is 5.91 Å². The first-order valence-corrected chi connectivity index (χ1v) is 11.4. The summed E-state index contributed by atoms with van der Waals surface area (Å²) in [6.07, 6.45) is 3.15. The molecule has 2 aromatic carbocycles. The highest BCUT2D eigenvalue weighted by atomic mass is 32.2. The predicted molar refractivity (Wildman–Crippen MR) is 109 cm³/mol. The predicted octanol–water partition coefficient (Wildman–Crippen LogP) is 3.00. The molecule has 8 heteroatoms. The van der Waals surface area contributed by atoms with Crippen LogP contribution in [0, 0.1) is 0 Å². The lowest BCUT2D eigenvalue weighted by molar-refractivity contribution is -0.135. The van der Waals surface area contributed by atoms with Crippen LogP contribution in [-0.4, -0.2) is 49.3 Å². The molecule has 156 valence electrons. The molecule has 0 aromatic heterocycles. The lowest BCUT2D eigenvalue weighted by Crippen LogP contribution is -2.48. The van der Waals surface area contributed by atoms with Crippen molar-refractivity contribution in [1.29, 1.82) is 0 Å². The van der Waals surface area contributed by atoms with Crippen molar-refractivity contribution in [3.8, 4) is 11.5 Å². The number of carbonyl (C=O) groups excluding carboxylic acids is 1. The minimum absolute atomic E-state index is 0.122. The minimum Gasteiger partial charge on any atom is -0.457 e. The van der Waals surface area contributed by atoms with E-state index in [0.29, 0.717) is 11.5 Å². The average molecular weight is 419 g/mol. The third-order valence-corrected chi connectivity index (χ3v) is 6.83. The van der Waals surface area contributed by atoms with Gasteiger partial charge in [0.1, 0.15) is 11.5 Å². The molecule has 1 saturated heterocycles. The molecule has 1 aliphatic rings. The number of carbonyl (C=O) groups is 1. The van der Waals surface area contributed by atoms with Crippen LogP contribution in [0.15, 0.2) is 59.5 Å². The van der Waals surface area contributed by atoms with Crippen molar-refractivity contribution in [3.63, 3.8) is 0 Å². The summed E-state index contributed by atoms with van der Waals surface area (Å²) in [7, 11) is -3.57. The maximum atomic E-state index is 12.7. The van der Waals surface area contributed by atoms with Crippen LogP contribution in [0.2, 0.25) is 0 Å². The molecule has 3 rings (SSSR count). The fraction of sp³-hybridized carbons (Fsp3) is 0.381. The maximum absolute atomic E-state index is 12.7. The van der Waals surface area contributed by atoms with Crippen LogP contribution < -0.4 is 10.2 Å². The van der Waals surface area contributed by atoms with Crippen LogP contribution in [0.3, 0.4) is 0 Å². The van der Waals surface area contributed by atoms with Gasteiger partial charge in [-0.05, 0) is 68.8 Å². The number of hydroxylamine groups is 1. The Morgan fingerprint density at radius 1 is 1.00 bits per heavy atom. The highest BCUT2D eigenvalue weighted by molar-refractivity contribution is 7.91. The van der Waals surface area contributed by atoms with E-state index >= 15 is 0 Å². The SMILES string of the molecule is O=C(NO)C(CCS(=O)(=O)c1ccc(Oc2ccccc2)cc1)N1CCCCC1. The third kappa shape index (κ3) is 5.79. The highest BCUT2D eigenvalue weighted by Crippen LogP contribution is 2.24. The Bertz CT molecular complexity index is 894. The number of amides is 1. The van der Waals surface area contributed by atoms with E-state index in [9.17, 15) is 13.2 Å². The summed E-state index contributed by atoms with van der Waals surface area (Å²) >= 11 is 0. The quantitative estimate of drug-likeness (QED) is 0.505. The summed E-state index contributed by atoms with van der Waals surface area (Å²) in [5.41, 5.74) is 1.68. The van der Waals surface area contributed by atoms with Crippen molar-refractivity contribution in [2.75, 3.05) is 18.8 Å². The average Bonchev–Trinajstić information content (AvgIpc) is 2.75. The van der Waals surface area contributed by atoms with Crippen molar-refractivity contribution in [2.24, 2.45) is 0 Å². The summed E-state index contributed by atoms with van der Waals surface area (Å²) in [5, 5.41) is 9.04. The first-order chi connectivity index (χ1) is 14.0. The number of rotatable bonds is 8. The van der Waals surface area contributed by atoms with Crippen LogP contribution in [0.5, 0.6) is 11.5 Å². The van der Waals surface area contributed by atoms with Crippen LogP contribution in [0.25, 0.3) is 0 Å². The topological polar surface area (TPSA) is 95.9 Å². The van der Waals surface area contributed by atoms with Gasteiger partial charge in [-0.3, -0.25) is 14.9 Å². The van der Waals surface area contributed by atoms with Crippen molar-refractivity contribution in [3.05, 3.63) is 54.6 Å². The first kappa shape index (κ1) is 21.3. The van der Waals surface area contributed by atoms with Gasteiger partial charge in [0.15, 0.2) is 9.84 Å². The molecule has 1 heterocycles. The molecule has 0 bridgehead atoms. The number of piperidine rings is 1. The molecule has 0 radical (unpaired) electrons. The van der Waals surface area contributed by atoms with E-state index in [-0.39, 0.29) is 17.1 Å². The van der Waals surface area contributed by atoms with Crippen LogP contribution in [-0.2, 0) is 14.6 Å². The summed E-state index contributed by atoms with van der Waals surface area (Å²) in [5.74, 6) is 0.470. The van der Waals surface area contributed by atoms with E-state index in [1.165, 1.54) is 12.1 Å². The Kier molecular flexibility index (Phi) is 7.24. The molecule has 2 N–H and O–H groups in total. The van der Waals surface area contributed by atoms with Gasteiger partial charge >= 0.3 is 0 Å². The molecule has 1 amide bonds. The molecule has 29 heavy (non-hydrogen) atoms. The molecule has 0 spiro atoms. The summed E-state index contributed by atoms with van der Waals surface area (Å²) in [4.78, 5) is 14.2. The molecule has 1 unspecified atom stereocenters. The van der Waals surface area contributed by atoms with Gasteiger partial charge in [-0.15, -0.1) is 0 Å². The second-order valence-corrected chi connectivity index (χ2v) is 9.19. The van der Waals surface area contributed by atoms with Crippen molar-refractivity contribution in [2.45, 2.75) is 36.6 Å². The number of likely N-dealkylation sites (tertiary alicyclic amines) is 1. The van der Waals surface area contributed by atoms with E-state index in [2.05, 4.69) is 0 Å². The normalized spacial score (nSPS) is 16.2. The van der Waals surface area contributed by atoms with Gasteiger partial charge < -0.3 is 4.74 Å². The van der Waals surface area contributed by atoms with Gasteiger partial charge in [-0.2, -0.15) is 0 Å². The van der Waals surface area contributed by atoms with E-state index in [4.69, 9.17) is 9.94 Å². The summed E-state index contributed by atoms with van der Waals surface area (Å²) in [6, 6.07) is 14.8. The third-order valence-electron chi connectivity index (χ3n) is 5.07. The number of hydrogen-bond acceptors (Lipinski definition) is 6. The van der Waals surface area contributed by atoms with Gasteiger partial charge in [0.05, 0.1) is 16.7 Å². The van der Waals surface area contributed by atoms with E-state index in [0.717, 1.165) is 32.4 Å². The molecule has 1 atom stereocenters. The molecule has 0 saturated carbocycles. The zero-order valence-electron chi connectivity index (χ0n) is 16.2. The smallest absolute Gasteiger partial charge is 0.260 e. The number of sulfone groups is 1. The van der Waals surface area contributed by atoms with Crippen molar-refractivity contribution < 1.29 is 23.2 Å². The van der Waals surface area contributed by atoms with Gasteiger partial charge in [-0.25, -0.2) is 13.9 Å². The molecule has 2 aromatic rings. The highest BCUT2D eigenvalue weighted by Gasteiger charge is 2.29. The number of hydrogen-bond donors (Lipinski definition) is 2. The zero-order valence-corrected chi connectivity index (χ0v) is 17.0. The Hall–Kier alpha value is -2.42. The minimum atomic E-state index is -3.57. The van der Waals surface area contributed by atoms with E-state index in [1.807, 2.05) is 35.2 Å². The molecular formula is C21H26N2O5S. The first-order valence-electron chi connectivity index (χ1n) is 9.73. The van der Waals surface area contributed by atoms with Crippen LogP contribution in [0.4, 0.5) is 0 Å². The standard InChI is InChI=1S/C21H26N2O5S/c24-21(22-25)20(23-14-5-2-6-15-23)13-16-29(26,27)19-11-9-18(10-12-19)28-17-7-3-1-4-8-17/h1,3-4,7-12,20,25H,2,5-6,13-16H2,(H,22,24). The fourth-order valence-electron chi connectivity index (χ4n) is 3.51. The number of ether oxygens (including phenoxy) is 1. The summed E-state index contributed by atoms with van der Waals surface area (Å²) < 4.78 is 31.2. The second kappa shape index (κ2) is 9.87. The fourth-order valence-corrected chi connectivity index (χ4v) is 4.83. The summed E-state index contributed by atoms with van der Waals surface area (Å²) in [6.45, 7) is 1.45. The lowest BCUT2D eigenvalue weighted by Gasteiger charge is -2.33. The largest absolute Gasteiger partial charge is 0.457 e. The molecule has 7 nitrogen and oxygen atoms in total. The Labute approximate surface area is 171 Å². The monoisotopic (exact) mass is 418 g/mol. The molecule has 1 aliphatic heterocycles. The lowest BCUT2D eigenvalue weighted by atomic mass is 10.1. The Morgan fingerprint density at radius 2 is 1.62 bits per heavy atom. The maximum Gasteiger partial charge on any atom is 0.260 e. The zero-order chi connectivity index (χ0) is 20.7. The number of para-hydroxylation sites is 1. The second-order valence-electron chi connectivity index (χ2n) is 7.08. The molecular weight excluding hydrogens is 392 g/mol. The van der Waals surface area contributed by atoms with E-state index in [1.54, 1.807) is 17.6 Å². The molecule has 1 fully saturated rings. The van der Waals surface area contributed by atoms with Crippen LogP contribution >= 0.6 is 0 Å². The van der Waals surface area contributed by atoms with Crippen molar-refractivity contribution >= 4 is 15.7 Å². The Balaban J connectivity index is 1.65.